The average molecular weight is 382 g/mol. The number of carbonyl (C=O) groups excluding carboxylic acids is 2. The van der Waals surface area contributed by atoms with Gasteiger partial charge in [-0.1, -0.05) is 0 Å². The van der Waals surface area contributed by atoms with E-state index in [1.54, 1.807) is 48.5 Å². The van der Waals surface area contributed by atoms with E-state index in [0.717, 1.165) is 0 Å². The van der Waals surface area contributed by atoms with E-state index in [1.807, 2.05) is 13.0 Å². The molecule has 0 saturated heterocycles. The van der Waals surface area contributed by atoms with E-state index in [2.05, 4.69) is 5.32 Å². The van der Waals surface area contributed by atoms with Crippen molar-refractivity contribution < 1.29 is 23.8 Å². The highest BCUT2D eigenvalue weighted by Gasteiger charge is 2.23. The summed E-state index contributed by atoms with van der Waals surface area (Å²) in [5.74, 6) is 0.00507. The van der Waals surface area contributed by atoms with Gasteiger partial charge in [0.05, 0.1) is 18.2 Å². The Morgan fingerprint density at radius 1 is 1.00 bits per heavy atom. The van der Waals surface area contributed by atoms with E-state index in [1.165, 1.54) is 13.8 Å². The zero-order chi connectivity index (χ0) is 20.5. The minimum absolute atomic E-state index is 0.426. The van der Waals surface area contributed by atoms with Crippen molar-refractivity contribution in [1.29, 1.82) is 5.26 Å². The lowest BCUT2D eigenvalue weighted by Crippen LogP contribution is -2.35. The Morgan fingerprint density at radius 2 is 1.61 bits per heavy atom. The average Bonchev–Trinajstić information content (AvgIpc) is 2.70. The molecule has 0 saturated carbocycles. The van der Waals surface area contributed by atoms with Gasteiger partial charge in [0.25, 0.3) is 5.91 Å². The van der Waals surface area contributed by atoms with Crippen molar-refractivity contribution in [2.75, 3.05) is 11.9 Å². The molecule has 1 amide bonds. The Morgan fingerprint density at radius 3 is 2.18 bits per heavy atom. The number of esters is 1. The third-order valence-electron chi connectivity index (χ3n) is 3.72. The smallest absolute Gasteiger partial charge is 0.347 e. The van der Waals surface area contributed by atoms with Gasteiger partial charge in [-0.3, -0.25) is 4.79 Å². The lowest BCUT2D eigenvalue weighted by atomic mass is 10.2. The minimum Gasteiger partial charge on any atom is -0.494 e. The van der Waals surface area contributed by atoms with Gasteiger partial charge in [-0.15, -0.1) is 0 Å². The molecule has 0 fully saturated rings. The van der Waals surface area contributed by atoms with Crippen LogP contribution in [0.2, 0.25) is 0 Å². The molecule has 0 radical (unpaired) electrons. The maximum atomic E-state index is 12.2. The summed E-state index contributed by atoms with van der Waals surface area (Å²) in [5, 5.41) is 11.5. The predicted molar refractivity (Wildman–Crippen MR) is 103 cm³/mol. The summed E-state index contributed by atoms with van der Waals surface area (Å²) in [5.41, 5.74) is 1.06. The quantitative estimate of drug-likeness (QED) is 0.704. The molecule has 0 bridgehead atoms. The number of rotatable bonds is 8. The maximum Gasteiger partial charge on any atom is 0.347 e. The summed E-state index contributed by atoms with van der Waals surface area (Å²) in [6, 6.07) is 15.2. The Bertz CT molecular complexity index is 841. The SMILES string of the molecule is CCOc1ccc(NC(=O)C(C)OC(=O)C(C)Oc2ccc(C#N)cc2)cc1. The van der Waals surface area contributed by atoms with Crippen molar-refractivity contribution in [3.63, 3.8) is 0 Å². The molecule has 7 nitrogen and oxygen atoms in total. The van der Waals surface area contributed by atoms with E-state index < -0.39 is 24.1 Å². The first-order chi connectivity index (χ1) is 13.4. The second-order valence-corrected chi connectivity index (χ2v) is 5.92. The minimum atomic E-state index is -0.994. The molecule has 1 N–H and O–H groups in total. The third-order valence-corrected chi connectivity index (χ3v) is 3.72. The van der Waals surface area contributed by atoms with E-state index in [4.69, 9.17) is 19.5 Å². The fourth-order valence-electron chi connectivity index (χ4n) is 2.23. The highest BCUT2D eigenvalue weighted by molar-refractivity contribution is 5.95. The molecule has 0 aliphatic carbocycles. The van der Waals surface area contributed by atoms with Crippen LogP contribution < -0.4 is 14.8 Å². The van der Waals surface area contributed by atoms with Crippen LogP contribution in [0.3, 0.4) is 0 Å². The number of hydrogen-bond acceptors (Lipinski definition) is 6. The molecule has 2 unspecified atom stereocenters. The topological polar surface area (TPSA) is 97.7 Å². The first-order valence-corrected chi connectivity index (χ1v) is 8.84. The third kappa shape index (κ3) is 6.02. The fourth-order valence-corrected chi connectivity index (χ4v) is 2.23. The summed E-state index contributed by atoms with van der Waals surface area (Å²) in [6.07, 6.45) is -1.90. The van der Waals surface area contributed by atoms with Crippen LogP contribution in [0.15, 0.2) is 48.5 Å². The van der Waals surface area contributed by atoms with Crippen molar-refractivity contribution >= 4 is 17.6 Å². The highest BCUT2D eigenvalue weighted by atomic mass is 16.6. The molecular formula is C21H22N2O5. The number of nitriles is 1. The monoisotopic (exact) mass is 382 g/mol. The summed E-state index contributed by atoms with van der Waals surface area (Å²) in [7, 11) is 0. The second kappa shape index (κ2) is 9.97. The predicted octanol–water partition coefficient (Wildman–Crippen LogP) is 3.29. The Labute approximate surface area is 163 Å². The first-order valence-electron chi connectivity index (χ1n) is 8.84. The van der Waals surface area contributed by atoms with Crippen molar-refractivity contribution in [2.24, 2.45) is 0 Å². The fraction of sp³-hybridized carbons (Fsp3) is 0.286. The van der Waals surface area contributed by atoms with Crippen LogP contribution in [0.5, 0.6) is 11.5 Å². The van der Waals surface area contributed by atoms with E-state index >= 15 is 0 Å². The van der Waals surface area contributed by atoms with Crippen LogP contribution in [0, 0.1) is 11.3 Å². The van der Waals surface area contributed by atoms with Gasteiger partial charge >= 0.3 is 5.97 Å². The van der Waals surface area contributed by atoms with E-state index in [0.29, 0.717) is 29.4 Å². The van der Waals surface area contributed by atoms with Crippen LogP contribution in [-0.4, -0.2) is 30.7 Å². The van der Waals surface area contributed by atoms with Gasteiger partial charge < -0.3 is 19.5 Å². The van der Waals surface area contributed by atoms with Gasteiger partial charge in [-0.2, -0.15) is 5.26 Å². The van der Waals surface area contributed by atoms with Crippen molar-refractivity contribution in [3.8, 4) is 17.6 Å². The summed E-state index contributed by atoms with van der Waals surface area (Å²) < 4.78 is 16.0. The number of anilines is 1. The molecule has 2 aromatic rings. The standard InChI is InChI=1S/C21H22N2O5/c1-4-26-18-11-7-17(8-12-18)23-20(24)14(2)28-21(25)15(3)27-19-9-5-16(13-22)6-10-19/h5-12,14-15H,4H2,1-3H3,(H,23,24). The lowest BCUT2D eigenvalue weighted by molar-refractivity contribution is -0.159. The maximum absolute atomic E-state index is 12.2. The molecule has 0 aromatic heterocycles. The lowest BCUT2D eigenvalue weighted by Gasteiger charge is -2.18. The van der Waals surface area contributed by atoms with Gasteiger partial charge in [0.2, 0.25) is 0 Å². The molecule has 28 heavy (non-hydrogen) atoms. The van der Waals surface area contributed by atoms with Gasteiger partial charge in [-0.25, -0.2) is 4.79 Å². The van der Waals surface area contributed by atoms with Gasteiger partial charge in [0.15, 0.2) is 12.2 Å². The van der Waals surface area contributed by atoms with Crippen molar-refractivity contribution in [2.45, 2.75) is 33.0 Å². The van der Waals surface area contributed by atoms with E-state index in [9.17, 15) is 9.59 Å². The van der Waals surface area contributed by atoms with Crippen LogP contribution in [0.25, 0.3) is 0 Å². The molecule has 0 aliphatic rings. The van der Waals surface area contributed by atoms with Gasteiger partial charge in [-0.05, 0) is 69.3 Å². The summed E-state index contributed by atoms with van der Waals surface area (Å²) >= 11 is 0. The largest absolute Gasteiger partial charge is 0.494 e. The van der Waals surface area contributed by atoms with Crippen LogP contribution >= 0.6 is 0 Å². The number of nitrogens with one attached hydrogen (secondary N) is 1. The van der Waals surface area contributed by atoms with Crippen LogP contribution in [0.1, 0.15) is 26.3 Å². The number of benzene rings is 2. The second-order valence-electron chi connectivity index (χ2n) is 5.92. The molecule has 2 atom stereocenters. The molecule has 7 heteroatoms. The molecular weight excluding hydrogens is 360 g/mol. The Kier molecular flexibility index (Phi) is 7.40. The van der Waals surface area contributed by atoms with Crippen molar-refractivity contribution in [1.82, 2.24) is 0 Å². The molecule has 0 heterocycles. The molecule has 2 aromatic carbocycles. The number of carbonyl (C=O) groups is 2. The molecule has 0 spiro atoms. The molecule has 2 rings (SSSR count). The Balaban J connectivity index is 1.85. The number of amides is 1. The summed E-state index contributed by atoms with van der Waals surface area (Å²) in [6.45, 7) is 5.45. The molecule has 146 valence electrons. The van der Waals surface area contributed by atoms with Gasteiger partial charge in [0, 0.05) is 5.69 Å². The number of nitrogens with zero attached hydrogens (tertiary/aromatic N) is 1. The van der Waals surface area contributed by atoms with Gasteiger partial charge in [0.1, 0.15) is 11.5 Å². The highest BCUT2D eigenvalue weighted by Crippen LogP contribution is 2.17. The zero-order valence-electron chi connectivity index (χ0n) is 16.0. The van der Waals surface area contributed by atoms with Crippen molar-refractivity contribution in [3.05, 3.63) is 54.1 Å². The number of ether oxygens (including phenoxy) is 3. The van der Waals surface area contributed by atoms with Crippen LogP contribution in [0.4, 0.5) is 5.69 Å². The zero-order valence-corrected chi connectivity index (χ0v) is 16.0. The summed E-state index contributed by atoms with van der Waals surface area (Å²) in [4.78, 5) is 24.4. The van der Waals surface area contributed by atoms with Crippen LogP contribution in [-0.2, 0) is 14.3 Å². The normalized spacial score (nSPS) is 12.2. The first kappa shape index (κ1) is 20.8. The molecule has 0 aliphatic heterocycles. The van der Waals surface area contributed by atoms with E-state index in [-0.39, 0.29) is 0 Å². The number of hydrogen-bond donors (Lipinski definition) is 1. The Hall–Kier alpha value is -3.53.